The lowest BCUT2D eigenvalue weighted by molar-refractivity contribution is -0.115. The minimum Gasteiger partial charge on any atom is -0.497 e. The van der Waals surface area contributed by atoms with Crippen molar-refractivity contribution in [1.29, 1.82) is 0 Å². The summed E-state index contributed by atoms with van der Waals surface area (Å²) in [5.41, 5.74) is 2.32. The largest absolute Gasteiger partial charge is 0.497 e. The summed E-state index contributed by atoms with van der Waals surface area (Å²) < 4.78 is 32.7. The summed E-state index contributed by atoms with van der Waals surface area (Å²) >= 11 is 1.30. The number of anilines is 1. The molecule has 0 bridgehead atoms. The van der Waals surface area contributed by atoms with E-state index in [1.54, 1.807) is 36.4 Å². The lowest BCUT2D eigenvalue weighted by Gasteiger charge is -2.23. The lowest BCUT2D eigenvalue weighted by atomic mass is 10.2. The molecule has 0 aliphatic carbocycles. The van der Waals surface area contributed by atoms with Crippen LogP contribution in [0.2, 0.25) is 0 Å². The van der Waals surface area contributed by atoms with E-state index in [1.807, 2.05) is 38.1 Å². The Hall–Kier alpha value is -2.77. The minimum absolute atomic E-state index is 0.0137. The number of rotatable bonds is 7. The molecule has 3 aromatic carbocycles. The molecule has 7 heteroatoms. The summed E-state index contributed by atoms with van der Waals surface area (Å²) in [5.74, 6) is 0.0411. The minimum atomic E-state index is -4.07. The van der Waals surface area contributed by atoms with Gasteiger partial charge in [-0.1, -0.05) is 35.4 Å². The zero-order valence-electron chi connectivity index (χ0n) is 17.0. The van der Waals surface area contributed by atoms with Crippen LogP contribution in [0, 0.1) is 13.8 Å². The van der Waals surface area contributed by atoms with Crippen LogP contribution in [0.4, 0.5) is 5.69 Å². The van der Waals surface area contributed by atoms with Gasteiger partial charge in [-0.25, -0.2) is 12.7 Å². The summed E-state index contributed by atoms with van der Waals surface area (Å²) in [7, 11) is -2.54. The van der Waals surface area contributed by atoms with Crippen LogP contribution in [0.25, 0.3) is 0 Å². The number of carbonyl (C=O) groups excluding carboxylic acids is 1. The third-order valence-electron chi connectivity index (χ3n) is 4.48. The quantitative estimate of drug-likeness (QED) is 0.492. The van der Waals surface area contributed by atoms with E-state index < -0.39 is 15.9 Å². The Bertz CT molecular complexity index is 1110. The van der Waals surface area contributed by atoms with Gasteiger partial charge in [0.15, 0.2) is 0 Å². The Labute approximate surface area is 181 Å². The molecule has 0 aromatic heterocycles. The monoisotopic (exact) mass is 441 g/mol. The average Bonchev–Trinajstić information content (AvgIpc) is 2.74. The number of aryl methyl sites for hydroxylation is 2. The highest BCUT2D eigenvalue weighted by Crippen LogP contribution is 2.28. The first kappa shape index (κ1) is 21.9. The number of sulfonamides is 1. The van der Waals surface area contributed by atoms with Gasteiger partial charge in [0.1, 0.15) is 5.75 Å². The maximum atomic E-state index is 13.4. The molecule has 3 aromatic rings. The molecule has 0 atom stereocenters. The number of methoxy groups -OCH3 is 1. The van der Waals surface area contributed by atoms with Gasteiger partial charge in [-0.05, 0) is 62.4 Å². The molecule has 0 radical (unpaired) electrons. The van der Waals surface area contributed by atoms with Gasteiger partial charge in [0.2, 0.25) is 0 Å². The lowest BCUT2D eigenvalue weighted by Crippen LogP contribution is -2.38. The van der Waals surface area contributed by atoms with Gasteiger partial charge in [0, 0.05) is 4.90 Å². The Kier molecular flexibility index (Phi) is 6.84. The maximum Gasteiger partial charge on any atom is 0.270 e. The molecule has 0 heterocycles. The first-order chi connectivity index (χ1) is 14.3. The molecule has 0 aliphatic heterocycles. The number of hydrogen-bond donors (Lipinski definition) is 0. The molecular weight excluding hydrogens is 418 g/mol. The normalized spacial score (nSPS) is 11.2. The first-order valence-corrected chi connectivity index (χ1v) is 11.7. The number of thioether (sulfide) groups is 1. The van der Waals surface area contributed by atoms with E-state index in [1.165, 1.54) is 31.0 Å². The molecule has 0 saturated carbocycles. The average molecular weight is 442 g/mol. The van der Waals surface area contributed by atoms with Crippen LogP contribution in [-0.2, 0) is 14.8 Å². The molecule has 0 spiro atoms. The van der Waals surface area contributed by atoms with Crippen LogP contribution in [0.5, 0.6) is 5.75 Å². The molecule has 156 valence electrons. The molecule has 0 unspecified atom stereocenters. The second-order valence-corrected chi connectivity index (χ2v) is 9.61. The van der Waals surface area contributed by atoms with Crippen LogP contribution >= 0.6 is 11.8 Å². The molecule has 3 rings (SSSR count). The van der Waals surface area contributed by atoms with Crippen molar-refractivity contribution in [1.82, 2.24) is 0 Å². The second kappa shape index (κ2) is 9.36. The highest BCUT2D eigenvalue weighted by molar-refractivity contribution is 8.00. The van der Waals surface area contributed by atoms with Gasteiger partial charge in [0.25, 0.3) is 15.9 Å². The van der Waals surface area contributed by atoms with E-state index in [9.17, 15) is 13.2 Å². The number of amides is 1. The maximum absolute atomic E-state index is 13.4. The van der Waals surface area contributed by atoms with Crippen LogP contribution in [0.15, 0.2) is 82.6 Å². The van der Waals surface area contributed by atoms with Crippen LogP contribution < -0.4 is 9.04 Å². The number of benzene rings is 3. The van der Waals surface area contributed by atoms with E-state index in [2.05, 4.69) is 0 Å². The Balaban J connectivity index is 1.94. The third kappa shape index (κ3) is 5.04. The first-order valence-electron chi connectivity index (χ1n) is 9.29. The highest BCUT2D eigenvalue weighted by atomic mass is 32.2. The molecule has 0 saturated heterocycles. The fourth-order valence-electron chi connectivity index (χ4n) is 2.79. The number of nitrogens with zero attached hydrogens (tertiary/aromatic N) is 1. The Morgan fingerprint density at radius 2 is 1.40 bits per heavy atom. The second-order valence-electron chi connectivity index (χ2n) is 6.78. The van der Waals surface area contributed by atoms with Crippen molar-refractivity contribution < 1.29 is 17.9 Å². The van der Waals surface area contributed by atoms with E-state index in [0.29, 0.717) is 5.75 Å². The molecule has 30 heavy (non-hydrogen) atoms. The summed E-state index contributed by atoms with van der Waals surface area (Å²) in [4.78, 5) is 14.1. The van der Waals surface area contributed by atoms with Crippen LogP contribution in [-0.4, -0.2) is 27.2 Å². The summed E-state index contributed by atoms with van der Waals surface area (Å²) in [6.07, 6.45) is 0. The van der Waals surface area contributed by atoms with Crippen LogP contribution in [0.3, 0.4) is 0 Å². The van der Waals surface area contributed by atoms with Gasteiger partial charge in [-0.15, -0.1) is 11.8 Å². The molecule has 5 nitrogen and oxygen atoms in total. The zero-order chi connectivity index (χ0) is 21.7. The number of carbonyl (C=O) groups is 1. The SMILES string of the molecule is COc1ccc(N(C(=O)CSc2ccc(C)cc2)S(=O)(=O)c2ccc(C)cc2)cc1. The topological polar surface area (TPSA) is 63.7 Å². The smallest absolute Gasteiger partial charge is 0.270 e. The van der Waals surface area contributed by atoms with E-state index in [-0.39, 0.29) is 16.3 Å². The van der Waals surface area contributed by atoms with Crippen molar-refractivity contribution in [3.05, 3.63) is 83.9 Å². The molecule has 1 amide bonds. The zero-order valence-corrected chi connectivity index (χ0v) is 18.7. The number of ether oxygens (including phenoxy) is 1. The van der Waals surface area contributed by atoms with Crippen molar-refractivity contribution in [2.24, 2.45) is 0 Å². The van der Waals surface area contributed by atoms with Gasteiger partial charge in [0.05, 0.1) is 23.4 Å². The molecule has 0 fully saturated rings. The predicted molar refractivity (Wildman–Crippen MR) is 121 cm³/mol. The van der Waals surface area contributed by atoms with Crippen LogP contribution in [0.1, 0.15) is 11.1 Å². The third-order valence-corrected chi connectivity index (χ3v) is 7.24. The van der Waals surface area contributed by atoms with Crippen molar-refractivity contribution in [3.8, 4) is 5.75 Å². The van der Waals surface area contributed by atoms with Gasteiger partial charge < -0.3 is 4.74 Å². The summed E-state index contributed by atoms with van der Waals surface area (Å²) in [6, 6.07) is 20.6. The molecular formula is C23H23NO4S2. The molecule has 0 aliphatic rings. The van der Waals surface area contributed by atoms with Crippen molar-refractivity contribution >= 4 is 33.4 Å². The van der Waals surface area contributed by atoms with Gasteiger partial charge >= 0.3 is 0 Å². The fourth-order valence-corrected chi connectivity index (χ4v) is 5.04. The van der Waals surface area contributed by atoms with E-state index >= 15 is 0 Å². The van der Waals surface area contributed by atoms with Crippen molar-refractivity contribution in [3.63, 3.8) is 0 Å². The standard InChI is InChI=1S/C23H23NO4S2/c1-17-4-12-21(13-5-17)29-16-23(25)24(19-8-10-20(28-3)11-9-19)30(26,27)22-14-6-18(2)7-15-22/h4-15H,16H2,1-3H3. The van der Waals surface area contributed by atoms with Crippen molar-refractivity contribution in [2.45, 2.75) is 23.6 Å². The summed E-state index contributed by atoms with van der Waals surface area (Å²) in [6.45, 7) is 3.86. The van der Waals surface area contributed by atoms with Crippen molar-refractivity contribution in [2.75, 3.05) is 17.2 Å². The van der Waals surface area contributed by atoms with Gasteiger partial charge in [-0.3, -0.25) is 4.79 Å². The van der Waals surface area contributed by atoms with Gasteiger partial charge in [-0.2, -0.15) is 0 Å². The number of hydrogen-bond acceptors (Lipinski definition) is 5. The molecule has 0 N–H and O–H groups in total. The fraction of sp³-hybridized carbons (Fsp3) is 0.174. The highest BCUT2D eigenvalue weighted by Gasteiger charge is 2.31. The van der Waals surface area contributed by atoms with E-state index in [0.717, 1.165) is 20.3 Å². The Morgan fingerprint density at radius 3 is 1.93 bits per heavy atom. The summed E-state index contributed by atoms with van der Waals surface area (Å²) in [5, 5.41) is 0. The Morgan fingerprint density at radius 1 is 0.867 bits per heavy atom. The van der Waals surface area contributed by atoms with E-state index in [4.69, 9.17) is 4.74 Å². The predicted octanol–water partition coefficient (Wildman–Crippen LogP) is 4.83.